The zero-order valence-corrected chi connectivity index (χ0v) is 16.2. The number of phenols is 1. The molecule has 2 aromatic carbocycles. The van der Waals surface area contributed by atoms with Gasteiger partial charge >= 0.3 is 0 Å². The van der Waals surface area contributed by atoms with Crippen molar-refractivity contribution in [1.29, 1.82) is 0 Å². The van der Waals surface area contributed by atoms with Crippen molar-refractivity contribution in [1.82, 2.24) is 5.43 Å². The van der Waals surface area contributed by atoms with E-state index in [0.717, 1.165) is 36.8 Å². The van der Waals surface area contributed by atoms with E-state index in [4.69, 9.17) is 17.3 Å². The number of hydrogen-bond acceptors (Lipinski definition) is 4. The van der Waals surface area contributed by atoms with Crippen LogP contribution in [0.1, 0.15) is 53.6 Å². The van der Waals surface area contributed by atoms with E-state index in [0.29, 0.717) is 5.56 Å². The lowest BCUT2D eigenvalue weighted by Gasteiger charge is -2.27. The first-order valence-electron chi connectivity index (χ1n) is 9.19. The summed E-state index contributed by atoms with van der Waals surface area (Å²) in [5, 5.41) is 13.5. The van der Waals surface area contributed by atoms with Gasteiger partial charge in [0.1, 0.15) is 5.75 Å². The maximum absolute atomic E-state index is 12.1. The fourth-order valence-electron chi connectivity index (χ4n) is 3.08. The summed E-state index contributed by atoms with van der Waals surface area (Å²) in [6.45, 7) is 0. The molecular formula is C22H22ClN3O2. The second-order valence-corrected chi connectivity index (χ2v) is 7.36. The van der Waals surface area contributed by atoms with Gasteiger partial charge in [-0.2, -0.15) is 5.10 Å². The highest BCUT2D eigenvalue weighted by Crippen LogP contribution is 2.25. The third-order valence-electron chi connectivity index (χ3n) is 4.68. The molecule has 144 valence electrons. The smallest absolute Gasteiger partial charge is 0.271 e. The number of carbonyl (C=O) groups excluding carboxylic acids is 1. The number of hydrazone groups is 1. The molecular weight excluding hydrogens is 374 g/mol. The lowest BCUT2D eigenvalue weighted by Crippen LogP contribution is -2.40. The first-order valence-corrected chi connectivity index (χ1v) is 9.57. The number of nitrogens with two attached hydrogens (primary N) is 1. The van der Waals surface area contributed by atoms with E-state index < -0.39 is 5.91 Å². The number of amides is 1. The summed E-state index contributed by atoms with van der Waals surface area (Å²) in [6, 6.07) is 11.8. The fourth-order valence-corrected chi connectivity index (χ4v) is 3.26. The molecule has 0 unspecified atom stereocenters. The van der Waals surface area contributed by atoms with E-state index in [1.165, 1.54) is 24.6 Å². The molecule has 1 saturated carbocycles. The Labute approximate surface area is 169 Å². The second kappa shape index (κ2) is 8.92. The van der Waals surface area contributed by atoms with Gasteiger partial charge in [-0.15, -0.1) is 0 Å². The number of phenolic OH excluding ortho intramolecular Hbond substituents is 1. The number of halogens is 1. The molecule has 0 bridgehead atoms. The number of hydrogen-bond donors (Lipinski definition) is 3. The van der Waals surface area contributed by atoms with Crippen LogP contribution in [0, 0.1) is 11.8 Å². The summed E-state index contributed by atoms with van der Waals surface area (Å²) >= 11 is 5.81. The zero-order chi connectivity index (χ0) is 20.0. The van der Waals surface area contributed by atoms with Crippen LogP contribution in [0.5, 0.6) is 5.75 Å². The van der Waals surface area contributed by atoms with E-state index >= 15 is 0 Å². The average molecular weight is 396 g/mol. The SMILES string of the molecule is NC1(C#Cc2cccc(C=NNC(=O)c3ccc(O)c(Cl)c3)c2)CCCCC1. The van der Waals surface area contributed by atoms with Crippen LogP contribution in [0.2, 0.25) is 5.02 Å². The lowest BCUT2D eigenvalue weighted by molar-refractivity contribution is 0.0955. The highest BCUT2D eigenvalue weighted by atomic mass is 35.5. The molecule has 0 radical (unpaired) electrons. The molecule has 1 aliphatic carbocycles. The Hall–Kier alpha value is -2.81. The molecule has 0 aromatic heterocycles. The molecule has 1 aliphatic rings. The van der Waals surface area contributed by atoms with Gasteiger partial charge in [0.2, 0.25) is 0 Å². The van der Waals surface area contributed by atoms with Crippen LogP contribution in [0.15, 0.2) is 47.6 Å². The number of carbonyl (C=O) groups is 1. The largest absolute Gasteiger partial charge is 0.506 e. The van der Waals surface area contributed by atoms with Gasteiger partial charge < -0.3 is 10.8 Å². The van der Waals surface area contributed by atoms with Crippen LogP contribution in [0.25, 0.3) is 0 Å². The monoisotopic (exact) mass is 395 g/mol. The molecule has 1 amide bonds. The van der Waals surface area contributed by atoms with Crippen molar-refractivity contribution in [3.8, 4) is 17.6 Å². The fraction of sp³-hybridized carbons (Fsp3) is 0.273. The van der Waals surface area contributed by atoms with Crippen molar-refractivity contribution >= 4 is 23.7 Å². The Balaban J connectivity index is 1.64. The van der Waals surface area contributed by atoms with Crippen molar-refractivity contribution in [2.75, 3.05) is 0 Å². The van der Waals surface area contributed by atoms with E-state index in [-0.39, 0.29) is 16.3 Å². The maximum Gasteiger partial charge on any atom is 0.271 e. The normalized spacial score (nSPS) is 15.6. The Morgan fingerprint density at radius 2 is 2.00 bits per heavy atom. The number of nitrogens with one attached hydrogen (secondary N) is 1. The zero-order valence-electron chi connectivity index (χ0n) is 15.4. The van der Waals surface area contributed by atoms with Gasteiger partial charge in [0.15, 0.2) is 0 Å². The van der Waals surface area contributed by atoms with Crippen LogP contribution in [-0.4, -0.2) is 22.8 Å². The predicted octanol–water partition coefficient (Wildman–Crippen LogP) is 3.82. The van der Waals surface area contributed by atoms with Gasteiger partial charge in [0.25, 0.3) is 5.91 Å². The molecule has 0 heterocycles. The summed E-state index contributed by atoms with van der Waals surface area (Å²) in [5.41, 5.74) is 10.4. The topological polar surface area (TPSA) is 87.7 Å². The molecule has 28 heavy (non-hydrogen) atoms. The van der Waals surface area contributed by atoms with Crippen LogP contribution >= 0.6 is 11.6 Å². The molecule has 2 aromatic rings. The van der Waals surface area contributed by atoms with Gasteiger partial charge in [0, 0.05) is 11.1 Å². The molecule has 3 rings (SSSR count). The highest BCUT2D eigenvalue weighted by Gasteiger charge is 2.24. The molecule has 0 spiro atoms. The minimum absolute atomic E-state index is 0.0767. The van der Waals surface area contributed by atoms with Crippen molar-refractivity contribution < 1.29 is 9.90 Å². The van der Waals surface area contributed by atoms with Crippen molar-refractivity contribution in [3.05, 3.63) is 64.2 Å². The second-order valence-electron chi connectivity index (χ2n) is 6.96. The van der Waals surface area contributed by atoms with Gasteiger partial charge in [-0.25, -0.2) is 5.43 Å². The van der Waals surface area contributed by atoms with Gasteiger partial charge in [-0.1, -0.05) is 54.8 Å². The van der Waals surface area contributed by atoms with Crippen molar-refractivity contribution in [2.24, 2.45) is 10.8 Å². The minimum Gasteiger partial charge on any atom is -0.506 e. The number of benzene rings is 2. The summed E-state index contributed by atoms with van der Waals surface area (Å²) in [5.74, 6) is 5.90. The van der Waals surface area contributed by atoms with E-state index in [1.807, 2.05) is 24.3 Å². The molecule has 6 heteroatoms. The Kier molecular flexibility index (Phi) is 6.35. The quantitative estimate of drug-likeness (QED) is 0.419. The van der Waals surface area contributed by atoms with E-state index in [1.54, 1.807) is 6.21 Å². The Bertz CT molecular complexity index is 954. The van der Waals surface area contributed by atoms with E-state index in [9.17, 15) is 9.90 Å². The maximum atomic E-state index is 12.1. The summed E-state index contributed by atoms with van der Waals surface area (Å²) < 4.78 is 0. The summed E-state index contributed by atoms with van der Waals surface area (Å²) in [4.78, 5) is 12.1. The Morgan fingerprint density at radius 3 is 2.75 bits per heavy atom. The first kappa shape index (κ1) is 19.9. The number of aromatic hydroxyl groups is 1. The van der Waals surface area contributed by atoms with Gasteiger partial charge in [0.05, 0.1) is 16.8 Å². The van der Waals surface area contributed by atoms with Crippen LogP contribution in [0.4, 0.5) is 0 Å². The minimum atomic E-state index is -0.420. The van der Waals surface area contributed by atoms with Crippen molar-refractivity contribution in [2.45, 2.75) is 37.6 Å². The van der Waals surface area contributed by atoms with E-state index in [2.05, 4.69) is 22.4 Å². The first-order chi connectivity index (χ1) is 13.5. The summed E-state index contributed by atoms with van der Waals surface area (Å²) in [6.07, 6.45) is 6.91. The standard InChI is InChI=1S/C22H22ClN3O2/c23-19-14-18(7-8-20(19)27)21(28)26-25-15-17-6-4-5-16(13-17)9-12-22(24)10-2-1-3-11-22/h4-8,13-15,27H,1-3,10-11,24H2,(H,26,28). The van der Waals surface area contributed by atoms with Gasteiger partial charge in [-0.3, -0.25) is 4.79 Å². The van der Waals surface area contributed by atoms with Gasteiger partial charge in [-0.05, 0) is 48.7 Å². The molecule has 4 N–H and O–H groups in total. The van der Waals surface area contributed by atoms with Crippen LogP contribution < -0.4 is 11.2 Å². The third-order valence-corrected chi connectivity index (χ3v) is 4.98. The lowest BCUT2D eigenvalue weighted by atomic mass is 9.83. The number of rotatable bonds is 3. The molecule has 5 nitrogen and oxygen atoms in total. The molecule has 0 saturated heterocycles. The average Bonchev–Trinajstić information content (AvgIpc) is 2.69. The summed E-state index contributed by atoms with van der Waals surface area (Å²) in [7, 11) is 0. The highest BCUT2D eigenvalue weighted by molar-refractivity contribution is 6.32. The molecule has 0 atom stereocenters. The van der Waals surface area contributed by atoms with Crippen molar-refractivity contribution in [3.63, 3.8) is 0 Å². The molecule has 1 fully saturated rings. The van der Waals surface area contributed by atoms with Crippen LogP contribution in [-0.2, 0) is 0 Å². The predicted molar refractivity (Wildman–Crippen MR) is 112 cm³/mol. The Morgan fingerprint density at radius 1 is 1.21 bits per heavy atom. The van der Waals surface area contributed by atoms with Crippen LogP contribution in [0.3, 0.4) is 0 Å². The number of nitrogens with zero attached hydrogens (tertiary/aromatic N) is 1. The molecule has 0 aliphatic heterocycles. The third kappa shape index (κ3) is 5.35.